The number of amides is 2. The molecule has 5 nitrogen and oxygen atoms in total. The fourth-order valence-electron chi connectivity index (χ4n) is 2.78. The Morgan fingerprint density at radius 2 is 2.12 bits per heavy atom. The Kier molecular flexibility index (Phi) is 5.93. The van der Waals surface area contributed by atoms with Gasteiger partial charge in [-0.15, -0.1) is 0 Å². The first-order chi connectivity index (χ1) is 11.3. The van der Waals surface area contributed by atoms with E-state index in [0.717, 1.165) is 6.07 Å². The number of urea groups is 1. The van der Waals surface area contributed by atoms with Crippen LogP contribution in [0, 0.1) is 0 Å². The summed E-state index contributed by atoms with van der Waals surface area (Å²) in [5, 5.41) is 11.6. The minimum absolute atomic E-state index is 0.00303. The van der Waals surface area contributed by atoms with Crippen LogP contribution in [0.2, 0.25) is 0 Å². The van der Waals surface area contributed by atoms with E-state index in [1.54, 1.807) is 18.0 Å². The third-order valence-corrected chi connectivity index (χ3v) is 4.06. The molecule has 0 aromatic heterocycles. The number of hydrogen-bond acceptors (Lipinski definition) is 3. The molecule has 1 aromatic carbocycles. The van der Waals surface area contributed by atoms with Crippen LogP contribution in [0.5, 0.6) is 0 Å². The van der Waals surface area contributed by atoms with Gasteiger partial charge in [-0.3, -0.25) is 0 Å². The summed E-state index contributed by atoms with van der Waals surface area (Å²) in [5.41, 5.74) is -0.507. The van der Waals surface area contributed by atoms with Crippen molar-refractivity contribution in [3.8, 4) is 0 Å². The van der Waals surface area contributed by atoms with E-state index in [4.69, 9.17) is 5.11 Å². The lowest BCUT2D eigenvalue weighted by Gasteiger charge is -2.24. The Labute approximate surface area is 139 Å². The van der Waals surface area contributed by atoms with Crippen LogP contribution in [0.15, 0.2) is 24.3 Å². The normalized spacial score (nSPS) is 17.9. The van der Waals surface area contributed by atoms with Crippen molar-refractivity contribution in [3.63, 3.8) is 0 Å². The summed E-state index contributed by atoms with van der Waals surface area (Å²) in [6.45, 7) is 1.23. The number of anilines is 1. The maximum atomic E-state index is 13.1. The van der Waals surface area contributed by atoms with Gasteiger partial charge < -0.3 is 20.2 Å². The summed E-state index contributed by atoms with van der Waals surface area (Å²) in [7, 11) is 1.62. The van der Waals surface area contributed by atoms with E-state index in [1.807, 2.05) is 0 Å². The lowest BCUT2D eigenvalue weighted by atomic mass is 10.1. The standard InChI is InChI=1S/C16H22F3N3O2/c1-21(8-4-10-23)15(24)20-12-7-9-22(11-12)14-6-3-2-5-13(14)16(17,18)19/h2-3,5-6,12,23H,4,7-11H2,1H3,(H,20,24)/t12-/m1/s1. The Morgan fingerprint density at radius 3 is 2.79 bits per heavy atom. The van der Waals surface area contributed by atoms with Gasteiger partial charge >= 0.3 is 12.2 Å². The van der Waals surface area contributed by atoms with E-state index in [9.17, 15) is 18.0 Å². The zero-order valence-corrected chi connectivity index (χ0v) is 13.5. The largest absolute Gasteiger partial charge is 0.418 e. The molecule has 1 atom stereocenters. The van der Waals surface area contributed by atoms with Crippen molar-refractivity contribution in [1.82, 2.24) is 10.2 Å². The predicted molar refractivity (Wildman–Crippen MR) is 84.9 cm³/mol. The van der Waals surface area contributed by atoms with Gasteiger partial charge in [0.25, 0.3) is 0 Å². The minimum Gasteiger partial charge on any atom is -0.396 e. The van der Waals surface area contributed by atoms with E-state index in [0.29, 0.717) is 32.5 Å². The third-order valence-electron chi connectivity index (χ3n) is 4.06. The second-order valence-corrected chi connectivity index (χ2v) is 5.89. The second-order valence-electron chi connectivity index (χ2n) is 5.89. The van der Waals surface area contributed by atoms with E-state index < -0.39 is 11.7 Å². The van der Waals surface area contributed by atoms with Gasteiger partial charge in [-0.2, -0.15) is 13.2 Å². The smallest absolute Gasteiger partial charge is 0.396 e. The molecule has 0 unspecified atom stereocenters. The van der Waals surface area contributed by atoms with Gasteiger partial charge in [0.2, 0.25) is 0 Å². The van der Waals surface area contributed by atoms with Crippen LogP contribution in [0.1, 0.15) is 18.4 Å². The molecule has 1 saturated heterocycles. The monoisotopic (exact) mass is 345 g/mol. The molecule has 2 N–H and O–H groups in total. The Hall–Kier alpha value is -1.96. The van der Waals surface area contributed by atoms with Crippen molar-refractivity contribution >= 4 is 11.7 Å². The van der Waals surface area contributed by atoms with Gasteiger partial charge in [-0.1, -0.05) is 12.1 Å². The number of carbonyl (C=O) groups is 1. The van der Waals surface area contributed by atoms with Crippen molar-refractivity contribution < 1.29 is 23.1 Å². The highest BCUT2D eigenvalue weighted by Crippen LogP contribution is 2.37. The SMILES string of the molecule is CN(CCCO)C(=O)N[C@@H]1CCN(c2ccccc2C(F)(F)F)C1. The summed E-state index contributed by atoms with van der Waals surface area (Å²) in [6.07, 6.45) is -3.33. The summed E-state index contributed by atoms with van der Waals surface area (Å²) in [4.78, 5) is 15.1. The number of nitrogens with one attached hydrogen (secondary N) is 1. The molecule has 0 spiro atoms. The fourth-order valence-corrected chi connectivity index (χ4v) is 2.78. The van der Waals surface area contributed by atoms with Crippen molar-refractivity contribution in [2.45, 2.75) is 25.1 Å². The molecule has 1 heterocycles. The zero-order chi connectivity index (χ0) is 17.7. The molecule has 0 radical (unpaired) electrons. The van der Waals surface area contributed by atoms with Gasteiger partial charge in [0.15, 0.2) is 0 Å². The molecular formula is C16H22F3N3O2. The number of rotatable bonds is 5. The maximum absolute atomic E-state index is 13.1. The van der Waals surface area contributed by atoms with Gasteiger partial charge in [0.1, 0.15) is 0 Å². The van der Waals surface area contributed by atoms with Crippen LogP contribution in [0.4, 0.5) is 23.7 Å². The number of para-hydroxylation sites is 1. The van der Waals surface area contributed by atoms with Gasteiger partial charge in [-0.25, -0.2) is 4.79 Å². The molecule has 0 aliphatic carbocycles. The van der Waals surface area contributed by atoms with Crippen LogP contribution in [-0.4, -0.2) is 55.4 Å². The van der Waals surface area contributed by atoms with Crippen molar-refractivity contribution in [2.75, 3.05) is 38.2 Å². The fraction of sp³-hybridized carbons (Fsp3) is 0.562. The second kappa shape index (κ2) is 7.74. The molecule has 0 saturated carbocycles. The molecule has 24 heavy (non-hydrogen) atoms. The number of hydrogen-bond donors (Lipinski definition) is 2. The molecule has 2 rings (SSSR count). The van der Waals surface area contributed by atoms with Crippen molar-refractivity contribution in [3.05, 3.63) is 29.8 Å². The third kappa shape index (κ3) is 4.53. The minimum atomic E-state index is -4.40. The Bertz CT molecular complexity index is 566. The van der Waals surface area contributed by atoms with Crippen LogP contribution in [0.25, 0.3) is 0 Å². The van der Waals surface area contributed by atoms with E-state index in [1.165, 1.54) is 17.0 Å². The van der Waals surface area contributed by atoms with Crippen LogP contribution < -0.4 is 10.2 Å². The first-order valence-corrected chi connectivity index (χ1v) is 7.86. The first-order valence-electron chi connectivity index (χ1n) is 7.86. The molecule has 1 aliphatic heterocycles. The molecular weight excluding hydrogens is 323 g/mol. The van der Waals surface area contributed by atoms with Crippen LogP contribution >= 0.6 is 0 Å². The van der Waals surface area contributed by atoms with E-state index >= 15 is 0 Å². The van der Waals surface area contributed by atoms with Gasteiger partial charge in [-0.05, 0) is 25.0 Å². The Morgan fingerprint density at radius 1 is 1.42 bits per heavy atom. The molecule has 0 bridgehead atoms. The predicted octanol–water partition coefficient (Wildman–Crippen LogP) is 2.31. The number of aliphatic hydroxyl groups excluding tert-OH is 1. The van der Waals surface area contributed by atoms with E-state index in [2.05, 4.69) is 5.32 Å². The molecule has 134 valence electrons. The summed E-state index contributed by atoms with van der Waals surface area (Å²) < 4.78 is 39.3. The summed E-state index contributed by atoms with van der Waals surface area (Å²) in [5.74, 6) is 0. The summed E-state index contributed by atoms with van der Waals surface area (Å²) >= 11 is 0. The van der Waals surface area contributed by atoms with Gasteiger partial charge in [0, 0.05) is 45.0 Å². The van der Waals surface area contributed by atoms with Gasteiger partial charge in [0.05, 0.1) is 5.56 Å². The highest BCUT2D eigenvalue weighted by Gasteiger charge is 2.36. The first kappa shape index (κ1) is 18.4. The topological polar surface area (TPSA) is 55.8 Å². The number of benzene rings is 1. The van der Waals surface area contributed by atoms with Crippen molar-refractivity contribution in [2.24, 2.45) is 0 Å². The highest BCUT2D eigenvalue weighted by atomic mass is 19.4. The number of carbonyl (C=O) groups excluding carboxylic acids is 1. The van der Waals surface area contributed by atoms with E-state index in [-0.39, 0.29) is 24.4 Å². The number of halogens is 3. The quantitative estimate of drug-likeness (QED) is 0.861. The molecule has 8 heteroatoms. The molecule has 1 fully saturated rings. The lowest BCUT2D eigenvalue weighted by molar-refractivity contribution is -0.137. The lowest BCUT2D eigenvalue weighted by Crippen LogP contribution is -2.44. The number of nitrogens with zero attached hydrogens (tertiary/aromatic N) is 2. The zero-order valence-electron chi connectivity index (χ0n) is 13.5. The highest BCUT2D eigenvalue weighted by molar-refractivity contribution is 5.74. The molecule has 1 aliphatic rings. The van der Waals surface area contributed by atoms with Crippen LogP contribution in [0.3, 0.4) is 0 Å². The number of aliphatic hydroxyl groups is 1. The maximum Gasteiger partial charge on any atom is 0.418 e. The average molecular weight is 345 g/mol. The number of alkyl halides is 3. The van der Waals surface area contributed by atoms with Crippen LogP contribution in [-0.2, 0) is 6.18 Å². The summed E-state index contributed by atoms with van der Waals surface area (Å²) in [6, 6.07) is 5.01. The molecule has 2 amide bonds. The average Bonchev–Trinajstić information content (AvgIpc) is 3.00. The van der Waals surface area contributed by atoms with Crippen molar-refractivity contribution in [1.29, 1.82) is 0 Å². The molecule has 1 aromatic rings. The Balaban J connectivity index is 1.98.